The standard InChI is InChI=1S/C13H15FN2/c14-12-9-16(10-5-7-15-8-6-10)13-4-2-1-3-11(12)13/h1-4,9-10,15H,5-8H2. The number of para-hydroxylation sites is 1. The van der Waals surface area contributed by atoms with E-state index in [1.807, 2.05) is 24.3 Å². The van der Waals surface area contributed by atoms with Crippen LogP contribution >= 0.6 is 0 Å². The molecule has 0 aliphatic carbocycles. The van der Waals surface area contributed by atoms with E-state index >= 15 is 0 Å². The zero-order valence-corrected chi connectivity index (χ0v) is 9.12. The van der Waals surface area contributed by atoms with Gasteiger partial charge in [-0.2, -0.15) is 0 Å². The van der Waals surface area contributed by atoms with Crippen molar-refractivity contribution in [1.82, 2.24) is 9.88 Å². The van der Waals surface area contributed by atoms with Crippen molar-refractivity contribution in [3.05, 3.63) is 36.3 Å². The number of rotatable bonds is 1. The molecule has 0 spiro atoms. The van der Waals surface area contributed by atoms with Crippen molar-refractivity contribution in [2.75, 3.05) is 13.1 Å². The molecule has 1 aromatic heterocycles. The fourth-order valence-corrected chi connectivity index (χ4v) is 2.55. The van der Waals surface area contributed by atoms with Crippen LogP contribution in [0.5, 0.6) is 0 Å². The molecule has 2 aromatic rings. The van der Waals surface area contributed by atoms with E-state index < -0.39 is 0 Å². The van der Waals surface area contributed by atoms with Gasteiger partial charge in [-0.05, 0) is 38.1 Å². The van der Waals surface area contributed by atoms with E-state index in [4.69, 9.17) is 0 Å². The van der Waals surface area contributed by atoms with Gasteiger partial charge in [0.1, 0.15) is 5.82 Å². The molecule has 0 bridgehead atoms. The van der Waals surface area contributed by atoms with Crippen LogP contribution in [0.2, 0.25) is 0 Å². The third-order valence-corrected chi connectivity index (χ3v) is 3.39. The number of hydrogen-bond donors (Lipinski definition) is 1. The highest BCUT2D eigenvalue weighted by molar-refractivity contribution is 5.80. The van der Waals surface area contributed by atoms with Crippen molar-refractivity contribution in [2.24, 2.45) is 0 Å². The molecule has 84 valence electrons. The molecule has 1 N–H and O–H groups in total. The third-order valence-electron chi connectivity index (χ3n) is 3.39. The van der Waals surface area contributed by atoms with Crippen molar-refractivity contribution in [3.63, 3.8) is 0 Å². The Hall–Kier alpha value is -1.35. The van der Waals surface area contributed by atoms with Crippen molar-refractivity contribution < 1.29 is 4.39 Å². The molecular weight excluding hydrogens is 203 g/mol. The van der Waals surface area contributed by atoms with E-state index in [0.717, 1.165) is 36.8 Å². The van der Waals surface area contributed by atoms with Gasteiger partial charge in [0.15, 0.2) is 0 Å². The lowest BCUT2D eigenvalue weighted by Crippen LogP contribution is -2.29. The zero-order valence-electron chi connectivity index (χ0n) is 9.12. The monoisotopic (exact) mass is 218 g/mol. The molecule has 1 aromatic carbocycles. The molecule has 1 aliphatic rings. The number of nitrogens with one attached hydrogen (secondary N) is 1. The lowest BCUT2D eigenvalue weighted by atomic mass is 10.1. The van der Waals surface area contributed by atoms with Gasteiger partial charge in [-0.1, -0.05) is 12.1 Å². The Morgan fingerprint density at radius 1 is 1.19 bits per heavy atom. The minimum absolute atomic E-state index is 0.103. The molecule has 1 fully saturated rings. The largest absolute Gasteiger partial charge is 0.341 e. The summed E-state index contributed by atoms with van der Waals surface area (Å²) in [6.07, 6.45) is 3.82. The second kappa shape index (κ2) is 3.91. The highest BCUT2D eigenvalue weighted by Crippen LogP contribution is 2.27. The molecule has 1 saturated heterocycles. The molecule has 3 heteroatoms. The van der Waals surface area contributed by atoms with Crippen LogP contribution in [0.4, 0.5) is 4.39 Å². The van der Waals surface area contributed by atoms with Crippen molar-refractivity contribution in [3.8, 4) is 0 Å². The number of benzene rings is 1. The molecule has 3 rings (SSSR count). The normalized spacial score (nSPS) is 18.1. The maximum atomic E-state index is 13.7. The Morgan fingerprint density at radius 2 is 1.94 bits per heavy atom. The van der Waals surface area contributed by atoms with Gasteiger partial charge in [0.2, 0.25) is 0 Å². The van der Waals surface area contributed by atoms with Gasteiger partial charge in [0.05, 0.1) is 5.52 Å². The van der Waals surface area contributed by atoms with Crippen molar-refractivity contribution >= 4 is 10.9 Å². The Labute approximate surface area is 94.1 Å². The molecule has 0 amide bonds. The summed E-state index contributed by atoms with van der Waals surface area (Å²) in [5, 5.41) is 4.07. The molecule has 16 heavy (non-hydrogen) atoms. The van der Waals surface area contributed by atoms with Crippen LogP contribution in [0, 0.1) is 5.82 Å². The number of nitrogens with zero attached hydrogens (tertiary/aromatic N) is 1. The number of halogens is 1. The molecule has 0 saturated carbocycles. The van der Waals surface area contributed by atoms with Crippen LogP contribution in [-0.2, 0) is 0 Å². The zero-order chi connectivity index (χ0) is 11.0. The number of piperidine rings is 1. The average molecular weight is 218 g/mol. The summed E-state index contributed by atoms with van der Waals surface area (Å²) in [6, 6.07) is 8.15. The van der Waals surface area contributed by atoms with Gasteiger partial charge in [-0.3, -0.25) is 0 Å². The first-order chi connectivity index (χ1) is 7.86. The van der Waals surface area contributed by atoms with Crippen LogP contribution in [0.15, 0.2) is 30.5 Å². The van der Waals surface area contributed by atoms with E-state index in [1.165, 1.54) is 0 Å². The summed E-state index contributed by atoms with van der Waals surface area (Å²) < 4.78 is 15.8. The van der Waals surface area contributed by atoms with Crippen LogP contribution in [0.1, 0.15) is 18.9 Å². The summed E-state index contributed by atoms with van der Waals surface area (Å²) in [6.45, 7) is 2.05. The van der Waals surface area contributed by atoms with E-state index in [9.17, 15) is 4.39 Å². The van der Waals surface area contributed by atoms with Crippen molar-refractivity contribution in [1.29, 1.82) is 0 Å². The van der Waals surface area contributed by atoms with Crippen LogP contribution < -0.4 is 5.32 Å². The first-order valence-electron chi connectivity index (χ1n) is 5.82. The summed E-state index contributed by atoms with van der Waals surface area (Å²) >= 11 is 0. The lowest BCUT2D eigenvalue weighted by molar-refractivity contribution is 0.374. The summed E-state index contributed by atoms with van der Waals surface area (Å²) in [4.78, 5) is 0. The molecule has 0 radical (unpaired) electrons. The first kappa shape index (κ1) is 9.85. The molecule has 0 atom stereocenters. The van der Waals surface area contributed by atoms with Gasteiger partial charge in [0, 0.05) is 17.6 Å². The van der Waals surface area contributed by atoms with Crippen LogP contribution in [0.3, 0.4) is 0 Å². The summed E-state index contributed by atoms with van der Waals surface area (Å²) in [5.74, 6) is -0.103. The fraction of sp³-hybridized carbons (Fsp3) is 0.385. The topological polar surface area (TPSA) is 17.0 Å². The predicted molar refractivity (Wildman–Crippen MR) is 63.0 cm³/mol. The number of hydrogen-bond acceptors (Lipinski definition) is 1. The van der Waals surface area contributed by atoms with E-state index in [0.29, 0.717) is 6.04 Å². The van der Waals surface area contributed by atoms with Gasteiger partial charge in [-0.25, -0.2) is 4.39 Å². The lowest BCUT2D eigenvalue weighted by Gasteiger charge is -2.24. The van der Waals surface area contributed by atoms with Gasteiger partial charge in [0.25, 0.3) is 0 Å². The Morgan fingerprint density at radius 3 is 2.75 bits per heavy atom. The van der Waals surface area contributed by atoms with Gasteiger partial charge in [-0.15, -0.1) is 0 Å². The van der Waals surface area contributed by atoms with Crippen LogP contribution in [0.25, 0.3) is 10.9 Å². The molecule has 2 nitrogen and oxygen atoms in total. The Bertz CT molecular complexity index is 498. The first-order valence-corrected chi connectivity index (χ1v) is 5.82. The van der Waals surface area contributed by atoms with E-state index in [2.05, 4.69) is 9.88 Å². The Kier molecular flexibility index (Phi) is 2.40. The average Bonchev–Trinajstić information content (AvgIpc) is 2.69. The number of aromatic nitrogens is 1. The third kappa shape index (κ3) is 1.52. The smallest absolute Gasteiger partial charge is 0.148 e. The van der Waals surface area contributed by atoms with Crippen molar-refractivity contribution in [2.45, 2.75) is 18.9 Å². The molecule has 1 aliphatic heterocycles. The van der Waals surface area contributed by atoms with E-state index in [-0.39, 0.29) is 5.82 Å². The molecule has 2 heterocycles. The quantitative estimate of drug-likeness (QED) is 0.778. The summed E-state index contributed by atoms with van der Waals surface area (Å²) in [7, 11) is 0. The predicted octanol–water partition coefficient (Wildman–Crippen LogP) is 2.70. The highest BCUT2D eigenvalue weighted by atomic mass is 19.1. The molecule has 0 unspecified atom stereocenters. The highest BCUT2D eigenvalue weighted by Gasteiger charge is 2.18. The summed E-state index contributed by atoms with van der Waals surface area (Å²) in [5.41, 5.74) is 1.02. The van der Waals surface area contributed by atoms with Gasteiger partial charge < -0.3 is 9.88 Å². The Balaban J connectivity index is 2.08. The molecular formula is C13H15FN2. The van der Waals surface area contributed by atoms with E-state index in [1.54, 1.807) is 6.20 Å². The maximum Gasteiger partial charge on any atom is 0.148 e. The van der Waals surface area contributed by atoms with Gasteiger partial charge >= 0.3 is 0 Å². The fourth-order valence-electron chi connectivity index (χ4n) is 2.55. The SMILES string of the molecule is Fc1cn(C2CCNCC2)c2ccccc12. The second-order valence-electron chi connectivity index (χ2n) is 4.38. The van der Waals surface area contributed by atoms with Crippen LogP contribution in [-0.4, -0.2) is 17.7 Å². The minimum atomic E-state index is -0.103. The number of fused-ring (bicyclic) bond motifs is 1. The minimum Gasteiger partial charge on any atom is -0.341 e. The second-order valence-corrected chi connectivity index (χ2v) is 4.38. The maximum absolute atomic E-state index is 13.7.